The molecule has 2 aromatic carbocycles. The van der Waals surface area contributed by atoms with Gasteiger partial charge in [0.05, 0.1) is 12.1 Å². The van der Waals surface area contributed by atoms with E-state index in [-0.39, 0.29) is 0 Å². The number of carbonyl (C=O) groups is 4. The van der Waals surface area contributed by atoms with E-state index in [0.717, 1.165) is 28.9 Å². The van der Waals surface area contributed by atoms with E-state index in [1.807, 2.05) is 24.3 Å². The third-order valence-electron chi connectivity index (χ3n) is 5.74. The van der Waals surface area contributed by atoms with E-state index in [2.05, 4.69) is 10.6 Å². The van der Waals surface area contributed by atoms with Gasteiger partial charge in [0.1, 0.15) is 17.8 Å². The monoisotopic (exact) mass is 471 g/mol. The van der Waals surface area contributed by atoms with Crippen LogP contribution in [-0.2, 0) is 31.1 Å². The standard InChI is InChI=1S/C23H22ClN3O6/c1-32-18-9-8-15(11-17(18)24)25-19(28)13-33-20(29)12-27-21(30)23(26-22(27)31)10-4-6-14-5-2-3-7-16(14)23/h2-3,5,7-9,11H,4,6,10,12-13H2,1H3,(H,25,28)(H,26,31). The van der Waals surface area contributed by atoms with E-state index >= 15 is 0 Å². The average Bonchev–Trinajstić information content (AvgIpc) is 3.03. The molecular formula is C23H22ClN3O6. The Hall–Kier alpha value is -3.59. The molecule has 2 N–H and O–H groups in total. The van der Waals surface area contributed by atoms with Crippen LogP contribution in [0.25, 0.3) is 0 Å². The number of esters is 1. The topological polar surface area (TPSA) is 114 Å². The summed E-state index contributed by atoms with van der Waals surface area (Å²) in [6.07, 6.45) is 2.00. The molecule has 0 aromatic heterocycles. The fourth-order valence-corrected chi connectivity index (χ4v) is 4.47. The highest BCUT2D eigenvalue weighted by Gasteiger charge is 2.54. The third-order valence-corrected chi connectivity index (χ3v) is 6.03. The molecular weight excluding hydrogens is 450 g/mol. The van der Waals surface area contributed by atoms with Crippen molar-refractivity contribution in [3.05, 3.63) is 58.6 Å². The van der Waals surface area contributed by atoms with E-state index in [1.165, 1.54) is 13.2 Å². The van der Waals surface area contributed by atoms with Gasteiger partial charge in [-0.2, -0.15) is 0 Å². The molecule has 2 aromatic rings. The van der Waals surface area contributed by atoms with Crippen LogP contribution >= 0.6 is 11.6 Å². The zero-order chi connectivity index (χ0) is 23.6. The number of nitrogens with zero attached hydrogens (tertiary/aromatic N) is 1. The molecule has 10 heteroatoms. The highest BCUT2D eigenvalue weighted by atomic mass is 35.5. The number of halogens is 1. The molecule has 1 spiro atoms. The van der Waals surface area contributed by atoms with Crippen LogP contribution in [0.2, 0.25) is 5.02 Å². The molecule has 1 heterocycles. The van der Waals surface area contributed by atoms with Crippen molar-refractivity contribution < 1.29 is 28.7 Å². The number of ether oxygens (including phenoxy) is 2. The predicted octanol–water partition coefficient (Wildman–Crippen LogP) is 2.61. The van der Waals surface area contributed by atoms with Crippen LogP contribution in [0.1, 0.15) is 24.0 Å². The van der Waals surface area contributed by atoms with Crippen LogP contribution in [0.5, 0.6) is 5.75 Å². The SMILES string of the molecule is COc1ccc(NC(=O)COC(=O)CN2C(=O)NC3(CCCc4ccccc43)C2=O)cc1Cl. The number of hydrogen-bond donors (Lipinski definition) is 2. The van der Waals surface area contributed by atoms with Crippen molar-refractivity contribution >= 4 is 41.1 Å². The Kier molecular flexibility index (Phi) is 6.24. The first-order valence-electron chi connectivity index (χ1n) is 10.4. The molecule has 2 aliphatic rings. The minimum absolute atomic E-state index is 0.309. The maximum atomic E-state index is 13.2. The van der Waals surface area contributed by atoms with Crippen molar-refractivity contribution in [2.75, 3.05) is 25.6 Å². The number of amides is 4. The van der Waals surface area contributed by atoms with E-state index in [4.69, 9.17) is 21.1 Å². The summed E-state index contributed by atoms with van der Waals surface area (Å²) in [5.74, 6) is -1.51. The van der Waals surface area contributed by atoms with E-state index < -0.39 is 42.5 Å². The van der Waals surface area contributed by atoms with Crippen molar-refractivity contribution in [1.29, 1.82) is 0 Å². The fourth-order valence-electron chi connectivity index (χ4n) is 4.22. The Labute approximate surface area is 195 Å². The van der Waals surface area contributed by atoms with Crippen molar-refractivity contribution in [2.24, 2.45) is 0 Å². The first kappa shape index (κ1) is 22.6. The largest absolute Gasteiger partial charge is 0.495 e. The van der Waals surface area contributed by atoms with Crippen LogP contribution in [-0.4, -0.2) is 49.0 Å². The molecule has 172 valence electrons. The van der Waals surface area contributed by atoms with Crippen molar-refractivity contribution in [3.63, 3.8) is 0 Å². The van der Waals surface area contributed by atoms with Crippen molar-refractivity contribution in [3.8, 4) is 5.75 Å². The molecule has 1 atom stereocenters. The Balaban J connectivity index is 1.35. The maximum Gasteiger partial charge on any atom is 0.326 e. The number of urea groups is 1. The van der Waals surface area contributed by atoms with Crippen LogP contribution in [0.3, 0.4) is 0 Å². The number of benzene rings is 2. The lowest BCUT2D eigenvalue weighted by Crippen LogP contribution is -2.46. The number of hydrogen-bond acceptors (Lipinski definition) is 6. The quantitative estimate of drug-likeness (QED) is 0.494. The highest BCUT2D eigenvalue weighted by Crippen LogP contribution is 2.39. The first-order chi connectivity index (χ1) is 15.8. The Morgan fingerprint density at radius 1 is 1.21 bits per heavy atom. The molecule has 1 saturated heterocycles. The summed E-state index contributed by atoms with van der Waals surface area (Å²) in [7, 11) is 1.47. The number of anilines is 1. The Bertz CT molecular complexity index is 1140. The summed E-state index contributed by atoms with van der Waals surface area (Å²) < 4.78 is 10.0. The Morgan fingerprint density at radius 3 is 2.76 bits per heavy atom. The van der Waals surface area contributed by atoms with Gasteiger partial charge in [0.25, 0.3) is 11.8 Å². The fraction of sp³-hybridized carbons (Fsp3) is 0.304. The number of imide groups is 1. The number of rotatable bonds is 6. The normalized spacial score (nSPS) is 19.2. The zero-order valence-corrected chi connectivity index (χ0v) is 18.6. The van der Waals surface area contributed by atoms with Gasteiger partial charge in [-0.1, -0.05) is 35.9 Å². The summed E-state index contributed by atoms with van der Waals surface area (Å²) in [4.78, 5) is 51.0. The number of aryl methyl sites for hydroxylation is 1. The second-order valence-corrected chi connectivity index (χ2v) is 8.20. The van der Waals surface area contributed by atoms with Gasteiger partial charge in [0, 0.05) is 5.69 Å². The number of nitrogens with one attached hydrogen (secondary N) is 2. The third kappa shape index (κ3) is 4.36. The van der Waals surface area contributed by atoms with Gasteiger partial charge in [0.2, 0.25) is 0 Å². The molecule has 9 nitrogen and oxygen atoms in total. The van der Waals surface area contributed by atoms with Crippen molar-refractivity contribution in [1.82, 2.24) is 10.2 Å². The molecule has 0 saturated carbocycles. The van der Waals surface area contributed by atoms with Gasteiger partial charge in [-0.25, -0.2) is 4.79 Å². The van der Waals surface area contributed by atoms with Gasteiger partial charge in [-0.3, -0.25) is 19.3 Å². The molecule has 1 unspecified atom stereocenters. The molecule has 0 radical (unpaired) electrons. The minimum atomic E-state index is -1.17. The van der Waals surface area contributed by atoms with Gasteiger partial charge in [-0.15, -0.1) is 0 Å². The minimum Gasteiger partial charge on any atom is -0.495 e. The molecule has 4 amide bonds. The molecule has 1 aliphatic heterocycles. The lowest BCUT2D eigenvalue weighted by Gasteiger charge is -2.33. The van der Waals surface area contributed by atoms with Crippen LogP contribution in [0, 0.1) is 0 Å². The molecule has 0 bridgehead atoms. The van der Waals surface area contributed by atoms with E-state index in [1.54, 1.807) is 12.1 Å². The summed E-state index contributed by atoms with van der Waals surface area (Å²) in [5.41, 5.74) is 0.978. The van der Waals surface area contributed by atoms with Gasteiger partial charge in [-0.05, 0) is 48.6 Å². The average molecular weight is 472 g/mol. The lowest BCUT2D eigenvalue weighted by molar-refractivity contribution is -0.150. The summed E-state index contributed by atoms with van der Waals surface area (Å²) in [6, 6.07) is 11.5. The Morgan fingerprint density at radius 2 is 2.00 bits per heavy atom. The van der Waals surface area contributed by atoms with Gasteiger partial charge < -0.3 is 20.1 Å². The number of methoxy groups -OCH3 is 1. The summed E-state index contributed by atoms with van der Waals surface area (Å²) >= 11 is 6.02. The molecule has 1 fully saturated rings. The van der Waals surface area contributed by atoms with Gasteiger partial charge >= 0.3 is 12.0 Å². The summed E-state index contributed by atoms with van der Waals surface area (Å²) in [5, 5.41) is 5.62. The van der Waals surface area contributed by atoms with E-state index in [0.29, 0.717) is 22.9 Å². The molecule has 4 rings (SSSR count). The van der Waals surface area contributed by atoms with Crippen molar-refractivity contribution in [2.45, 2.75) is 24.8 Å². The number of carbonyl (C=O) groups excluding carboxylic acids is 4. The zero-order valence-electron chi connectivity index (χ0n) is 17.9. The smallest absolute Gasteiger partial charge is 0.326 e. The van der Waals surface area contributed by atoms with E-state index in [9.17, 15) is 19.2 Å². The maximum absolute atomic E-state index is 13.2. The van der Waals surface area contributed by atoms with Crippen LogP contribution < -0.4 is 15.4 Å². The number of fused-ring (bicyclic) bond motifs is 2. The molecule has 1 aliphatic carbocycles. The lowest BCUT2D eigenvalue weighted by atomic mass is 9.76. The predicted molar refractivity (Wildman–Crippen MR) is 119 cm³/mol. The summed E-state index contributed by atoms with van der Waals surface area (Å²) in [6.45, 7) is -1.17. The van der Waals surface area contributed by atoms with Gasteiger partial charge in [0.15, 0.2) is 6.61 Å². The second kappa shape index (κ2) is 9.11. The first-order valence-corrected chi connectivity index (χ1v) is 10.7. The van der Waals surface area contributed by atoms with Crippen LogP contribution in [0.4, 0.5) is 10.5 Å². The second-order valence-electron chi connectivity index (χ2n) is 7.80. The molecule has 33 heavy (non-hydrogen) atoms. The highest BCUT2D eigenvalue weighted by molar-refractivity contribution is 6.32. The van der Waals surface area contributed by atoms with Crippen LogP contribution in [0.15, 0.2) is 42.5 Å².